The van der Waals surface area contributed by atoms with Crippen molar-refractivity contribution >= 4 is 10.0 Å². The Balaban J connectivity index is 1.09. The molecule has 0 unspecified atom stereocenters. The molecule has 1 N–H and O–H groups in total. The highest BCUT2D eigenvalue weighted by molar-refractivity contribution is 7.89. The number of nitrogens with zero attached hydrogens (tertiary/aromatic N) is 3. The molecule has 0 bridgehead atoms. The molecule has 7 rings (SSSR count). The second-order valence-electron chi connectivity index (χ2n) is 10.2. The van der Waals surface area contributed by atoms with Crippen LogP contribution in [-0.2, 0) is 10.0 Å². The molecule has 0 saturated carbocycles. The van der Waals surface area contributed by atoms with Crippen molar-refractivity contribution in [2.24, 2.45) is 0 Å². The molecule has 2 aliphatic rings. The number of hydrogen-bond donors (Lipinski definition) is 1. The first-order chi connectivity index (χ1) is 20.5. The summed E-state index contributed by atoms with van der Waals surface area (Å²) in [6.45, 7) is 0.993. The molecular weight excluding hydrogens is 552 g/mol. The maximum absolute atomic E-state index is 13.5. The Bertz CT molecular complexity index is 1800. The predicted octanol–water partition coefficient (Wildman–Crippen LogP) is 6.23. The minimum absolute atomic E-state index is 0.0725. The summed E-state index contributed by atoms with van der Waals surface area (Å²) in [5.74, 6) is 3.56. The van der Waals surface area contributed by atoms with Gasteiger partial charge in [0.15, 0.2) is 11.5 Å². The number of H-pyrrole nitrogens is 1. The largest absolute Gasteiger partial charge is 0.457 e. The van der Waals surface area contributed by atoms with Crippen LogP contribution < -0.4 is 14.2 Å². The summed E-state index contributed by atoms with van der Waals surface area (Å²) in [5.41, 5.74) is 3.26. The van der Waals surface area contributed by atoms with Crippen molar-refractivity contribution in [1.82, 2.24) is 19.3 Å². The number of benzene rings is 3. The lowest BCUT2D eigenvalue weighted by molar-refractivity contribution is 0.174. The summed E-state index contributed by atoms with van der Waals surface area (Å²) in [5, 5.41) is 0. The van der Waals surface area contributed by atoms with E-state index in [2.05, 4.69) is 9.97 Å². The van der Waals surface area contributed by atoms with Crippen molar-refractivity contribution < 1.29 is 22.6 Å². The number of imidazole rings is 1. The molecule has 42 heavy (non-hydrogen) atoms. The molecule has 10 heteroatoms. The smallest absolute Gasteiger partial charge is 0.243 e. The number of ether oxygens (including phenoxy) is 3. The molecule has 212 valence electrons. The topological polar surface area (TPSA) is 107 Å². The predicted molar refractivity (Wildman–Crippen MR) is 157 cm³/mol. The Morgan fingerprint density at radius 3 is 2.33 bits per heavy atom. The summed E-state index contributed by atoms with van der Waals surface area (Å²) in [7, 11) is -3.64. The van der Waals surface area contributed by atoms with E-state index in [1.54, 1.807) is 34.8 Å². The Morgan fingerprint density at radius 1 is 0.833 bits per heavy atom. The fraction of sp³-hybridized carbons (Fsp3) is 0.188. The minimum Gasteiger partial charge on any atom is -0.457 e. The molecule has 4 heterocycles. The lowest BCUT2D eigenvalue weighted by Gasteiger charge is -2.30. The minimum atomic E-state index is -3.64. The van der Waals surface area contributed by atoms with E-state index in [4.69, 9.17) is 19.2 Å². The number of sulfonamides is 1. The molecule has 0 atom stereocenters. The Kier molecular flexibility index (Phi) is 6.85. The van der Waals surface area contributed by atoms with Gasteiger partial charge >= 0.3 is 0 Å². The molecule has 1 saturated heterocycles. The highest BCUT2D eigenvalue weighted by Gasteiger charge is 2.32. The number of para-hydroxylation sites is 1. The van der Waals surface area contributed by atoms with Crippen molar-refractivity contribution in [3.8, 4) is 45.6 Å². The number of hydrogen-bond acceptors (Lipinski definition) is 7. The maximum Gasteiger partial charge on any atom is 0.243 e. The second-order valence-corrected chi connectivity index (χ2v) is 12.1. The van der Waals surface area contributed by atoms with E-state index < -0.39 is 10.0 Å². The second kappa shape index (κ2) is 11.0. The van der Waals surface area contributed by atoms with Crippen LogP contribution in [0.2, 0.25) is 0 Å². The number of fused-ring (bicyclic) bond motifs is 1. The van der Waals surface area contributed by atoms with E-state index in [-0.39, 0.29) is 17.6 Å². The van der Waals surface area contributed by atoms with Crippen LogP contribution in [0.4, 0.5) is 0 Å². The Morgan fingerprint density at radius 2 is 1.57 bits per heavy atom. The third-order valence-corrected chi connectivity index (χ3v) is 9.48. The first-order valence-corrected chi connectivity index (χ1v) is 15.2. The number of rotatable bonds is 7. The highest BCUT2D eigenvalue weighted by Crippen LogP contribution is 2.40. The first-order valence-electron chi connectivity index (χ1n) is 13.8. The average Bonchev–Trinajstić information content (AvgIpc) is 3.70. The van der Waals surface area contributed by atoms with Gasteiger partial charge in [-0.3, -0.25) is 4.98 Å². The van der Waals surface area contributed by atoms with E-state index in [0.29, 0.717) is 48.9 Å². The molecule has 1 fully saturated rings. The zero-order valence-electron chi connectivity index (χ0n) is 22.6. The van der Waals surface area contributed by atoms with Crippen molar-refractivity contribution in [1.29, 1.82) is 0 Å². The number of aromatic nitrogens is 3. The average molecular weight is 581 g/mol. The number of pyridine rings is 1. The maximum atomic E-state index is 13.5. The lowest BCUT2D eigenvalue weighted by atomic mass is 9.97. The van der Waals surface area contributed by atoms with Crippen molar-refractivity contribution in [3.63, 3.8) is 0 Å². The summed E-state index contributed by atoms with van der Waals surface area (Å²) >= 11 is 0. The van der Waals surface area contributed by atoms with Gasteiger partial charge in [-0.15, -0.1) is 0 Å². The SMILES string of the molecule is O=S(=O)(c1ccc(Oc2ccccc2)cc1)N1CCC(c2nc(-c3ccc4c(c3)OCO4)c(-c3ccccn3)[nH]2)CC1. The lowest BCUT2D eigenvalue weighted by Crippen LogP contribution is -2.38. The summed E-state index contributed by atoms with van der Waals surface area (Å²) < 4.78 is 45.4. The van der Waals surface area contributed by atoms with Crippen molar-refractivity contribution in [2.75, 3.05) is 19.9 Å². The molecule has 5 aromatic rings. The van der Waals surface area contributed by atoms with Crippen LogP contribution >= 0.6 is 0 Å². The van der Waals surface area contributed by atoms with E-state index in [0.717, 1.165) is 28.5 Å². The highest BCUT2D eigenvalue weighted by atomic mass is 32.2. The first kappa shape index (κ1) is 26.2. The quantitative estimate of drug-likeness (QED) is 0.243. The van der Waals surface area contributed by atoms with E-state index in [1.807, 2.05) is 66.7 Å². The molecule has 0 radical (unpaired) electrons. The summed E-state index contributed by atoms with van der Waals surface area (Å²) in [6.07, 6.45) is 3.04. The Hall–Kier alpha value is -4.67. The van der Waals surface area contributed by atoms with Gasteiger partial charge in [-0.25, -0.2) is 13.4 Å². The van der Waals surface area contributed by atoms with Crippen molar-refractivity contribution in [3.05, 3.63) is 103 Å². The summed E-state index contributed by atoms with van der Waals surface area (Å²) in [4.78, 5) is 13.3. The van der Waals surface area contributed by atoms with Crippen LogP contribution in [0.5, 0.6) is 23.0 Å². The molecule has 3 aromatic carbocycles. The molecule has 0 aliphatic carbocycles. The van der Waals surface area contributed by atoms with Gasteiger partial charge in [0.25, 0.3) is 0 Å². The van der Waals surface area contributed by atoms with Crippen LogP contribution in [0.25, 0.3) is 22.6 Å². The monoisotopic (exact) mass is 580 g/mol. The standard InChI is InChI=1S/C32H28N4O5S/c37-42(38,26-12-10-25(11-13-26)41-24-6-2-1-3-7-24)36-18-15-22(16-19-36)32-34-30(31(35-32)27-8-4-5-17-33-27)23-9-14-28-29(20-23)40-21-39-28/h1-14,17,20,22H,15-16,18-19,21H2,(H,34,35). The normalized spacial score (nSPS) is 15.5. The number of nitrogens with one attached hydrogen (secondary N) is 1. The number of piperidine rings is 1. The van der Waals surface area contributed by atoms with Gasteiger partial charge in [0.2, 0.25) is 16.8 Å². The van der Waals surface area contributed by atoms with Crippen molar-refractivity contribution in [2.45, 2.75) is 23.7 Å². The molecule has 0 amide bonds. The van der Waals surface area contributed by atoms with Crippen LogP contribution in [0.15, 0.2) is 102 Å². The van der Waals surface area contributed by atoms with Gasteiger partial charge in [-0.1, -0.05) is 24.3 Å². The third-order valence-electron chi connectivity index (χ3n) is 7.57. The molecule has 2 aliphatic heterocycles. The van der Waals surface area contributed by atoms with E-state index in [9.17, 15) is 8.42 Å². The van der Waals surface area contributed by atoms with Gasteiger partial charge in [-0.2, -0.15) is 4.31 Å². The van der Waals surface area contributed by atoms with Crippen LogP contribution in [0.3, 0.4) is 0 Å². The molecule has 0 spiro atoms. The fourth-order valence-electron chi connectivity index (χ4n) is 5.36. The van der Waals surface area contributed by atoms with Crippen LogP contribution in [-0.4, -0.2) is 47.6 Å². The molecular formula is C32H28N4O5S. The van der Waals surface area contributed by atoms with Gasteiger partial charge < -0.3 is 19.2 Å². The zero-order chi connectivity index (χ0) is 28.5. The van der Waals surface area contributed by atoms with Crippen LogP contribution in [0.1, 0.15) is 24.6 Å². The van der Waals surface area contributed by atoms with E-state index in [1.165, 1.54) is 0 Å². The molecule has 9 nitrogen and oxygen atoms in total. The van der Waals surface area contributed by atoms with Gasteiger partial charge in [-0.05, 0) is 79.6 Å². The zero-order valence-corrected chi connectivity index (χ0v) is 23.5. The fourth-order valence-corrected chi connectivity index (χ4v) is 6.83. The number of aromatic amines is 1. The van der Waals surface area contributed by atoms with Gasteiger partial charge in [0, 0.05) is 30.8 Å². The molecule has 2 aromatic heterocycles. The van der Waals surface area contributed by atoms with Crippen LogP contribution in [0, 0.1) is 0 Å². The third kappa shape index (κ3) is 5.10. The summed E-state index contributed by atoms with van der Waals surface area (Å²) in [6, 6.07) is 27.5. The van der Waals surface area contributed by atoms with E-state index >= 15 is 0 Å². The Labute approximate surface area is 243 Å². The van der Waals surface area contributed by atoms with Gasteiger partial charge in [0.05, 0.1) is 22.0 Å². The van der Waals surface area contributed by atoms with Gasteiger partial charge in [0.1, 0.15) is 17.3 Å².